The zero-order chi connectivity index (χ0) is 35.8. The summed E-state index contributed by atoms with van der Waals surface area (Å²) >= 11 is 0. The fourth-order valence-corrected chi connectivity index (χ4v) is 9.85. The molecule has 0 radical (unpaired) electrons. The van der Waals surface area contributed by atoms with Crippen molar-refractivity contribution in [2.24, 2.45) is 0 Å². The number of rotatable bonds is 3. The highest BCUT2D eigenvalue weighted by Crippen LogP contribution is 2.51. The molecule has 0 saturated carbocycles. The summed E-state index contributed by atoms with van der Waals surface area (Å²) in [6, 6.07) is 66.2. The topological polar surface area (TPSA) is 23.0 Å². The summed E-state index contributed by atoms with van der Waals surface area (Å²) in [5, 5.41) is 9.77. The molecule has 0 saturated heterocycles. The van der Waals surface area contributed by atoms with Gasteiger partial charge in [0.1, 0.15) is 5.58 Å². The highest BCUT2D eigenvalue weighted by molar-refractivity contribution is 6.39. The minimum atomic E-state index is 0.887. The fourth-order valence-electron chi connectivity index (χ4n) is 9.85. The number of fused-ring (bicyclic) bond motifs is 15. The van der Waals surface area contributed by atoms with Gasteiger partial charge in [-0.05, 0) is 86.6 Å². The van der Waals surface area contributed by atoms with Crippen LogP contribution in [0.4, 0.5) is 0 Å². The van der Waals surface area contributed by atoms with E-state index in [9.17, 15) is 0 Å². The van der Waals surface area contributed by atoms with Gasteiger partial charge in [-0.3, -0.25) is 0 Å². The van der Waals surface area contributed by atoms with Crippen molar-refractivity contribution >= 4 is 76.3 Å². The first-order valence-electron chi connectivity index (χ1n) is 18.9. The molecule has 1 aliphatic rings. The lowest BCUT2D eigenvalue weighted by atomic mass is 9.94. The Balaban J connectivity index is 1.13. The van der Waals surface area contributed by atoms with Crippen LogP contribution in [0, 0.1) is 0 Å². The predicted molar refractivity (Wildman–Crippen MR) is 230 cm³/mol. The third-order valence-corrected chi connectivity index (χ3v) is 12.0. The summed E-state index contributed by atoms with van der Waals surface area (Å²) < 4.78 is 11.9. The van der Waals surface area contributed by atoms with E-state index in [2.05, 4.69) is 191 Å². The van der Waals surface area contributed by atoms with Crippen molar-refractivity contribution in [3.8, 4) is 44.8 Å². The van der Waals surface area contributed by atoms with Crippen LogP contribution in [0.25, 0.3) is 121 Å². The van der Waals surface area contributed by atoms with Crippen molar-refractivity contribution in [3.05, 3.63) is 182 Å². The van der Waals surface area contributed by atoms with E-state index in [1.165, 1.54) is 76.7 Å². The molecule has 0 amide bonds. The van der Waals surface area contributed by atoms with Gasteiger partial charge in [0.25, 0.3) is 0 Å². The highest BCUT2D eigenvalue weighted by atomic mass is 16.3. The third-order valence-electron chi connectivity index (χ3n) is 12.0. The SMILES string of the molecule is c1ccc(-n2c3ccccc3c3c4c5ccccc5n(-c5ccc(-c6ccc7c8c(cccc68)-c6ccccc6-7)cc5)c4c4oc5ccccc5c4c32)cc1. The van der Waals surface area contributed by atoms with Gasteiger partial charge in [0.2, 0.25) is 0 Å². The van der Waals surface area contributed by atoms with E-state index in [0.29, 0.717) is 0 Å². The Morgan fingerprint density at radius 3 is 1.58 bits per heavy atom. The Morgan fingerprint density at radius 2 is 0.836 bits per heavy atom. The smallest absolute Gasteiger partial charge is 0.162 e. The van der Waals surface area contributed by atoms with Crippen molar-refractivity contribution < 1.29 is 4.42 Å². The van der Waals surface area contributed by atoms with Gasteiger partial charge in [0.15, 0.2) is 5.58 Å². The van der Waals surface area contributed by atoms with Crippen molar-refractivity contribution in [1.29, 1.82) is 0 Å². The Hall–Kier alpha value is -7.36. The summed E-state index contributed by atoms with van der Waals surface area (Å²) in [6.45, 7) is 0. The molecule has 9 aromatic carbocycles. The molecule has 0 atom stereocenters. The number of furan rings is 1. The largest absolute Gasteiger partial charge is 0.454 e. The van der Waals surface area contributed by atoms with Gasteiger partial charge >= 0.3 is 0 Å². The minimum absolute atomic E-state index is 0.887. The monoisotopic (exact) mass is 698 g/mol. The maximum atomic E-state index is 7.01. The number of benzene rings is 9. The van der Waals surface area contributed by atoms with E-state index >= 15 is 0 Å². The van der Waals surface area contributed by atoms with Crippen LogP contribution in [0.5, 0.6) is 0 Å². The van der Waals surface area contributed by atoms with Gasteiger partial charge in [-0.2, -0.15) is 0 Å². The molecular weight excluding hydrogens is 669 g/mol. The summed E-state index contributed by atoms with van der Waals surface area (Å²) in [7, 11) is 0. The molecule has 0 aliphatic heterocycles. The molecule has 3 aromatic heterocycles. The molecule has 1 aliphatic carbocycles. The molecule has 3 heterocycles. The molecule has 0 bridgehead atoms. The molecule has 0 fully saturated rings. The minimum Gasteiger partial charge on any atom is -0.454 e. The Morgan fingerprint density at radius 1 is 0.309 bits per heavy atom. The van der Waals surface area contributed by atoms with E-state index in [1.54, 1.807) is 0 Å². The van der Waals surface area contributed by atoms with Crippen LogP contribution in [0.3, 0.4) is 0 Å². The molecule has 3 heteroatoms. The second kappa shape index (κ2) is 10.6. The fraction of sp³-hybridized carbons (Fsp3) is 0. The van der Waals surface area contributed by atoms with Crippen LogP contribution in [0.15, 0.2) is 186 Å². The van der Waals surface area contributed by atoms with E-state index in [4.69, 9.17) is 4.42 Å². The third kappa shape index (κ3) is 3.74. The molecule has 254 valence electrons. The van der Waals surface area contributed by atoms with Crippen molar-refractivity contribution in [1.82, 2.24) is 9.13 Å². The maximum absolute atomic E-state index is 7.01. The quantitative estimate of drug-likeness (QED) is 0.180. The number of nitrogens with zero attached hydrogens (tertiary/aromatic N) is 2. The van der Waals surface area contributed by atoms with Gasteiger partial charge in [0.05, 0.1) is 27.5 Å². The normalized spacial score (nSPS) is 12.4. The Labute approximate surface area is 315 Å². The summed E-state index contributed by atoms with van der Waals surface area (Å²) in [4.78, 5) is 0. The molecule has 12 aromatic rings. The molecule has 0 unspecified atom stereocenters. The number of para-hydroxylation sites is 4. The zero-order valence-corrected chi connectivity index (χ0v) is 29.6. The molecule has 3 nitrogen and oxygen atoms in total. The van der Waals surface area contributed by atoms with Crippen LogP contribution in [-0.4, -0.2) is 9.13 Å². The molecule has 13 rings (SSSR count). The standard InChI is InChI=1S/C52H30N2O/c1-2-13-32(14-3-1)53-43-22-9-6-17-40(43)47-48-41-18-7-10-23-44(41)54(51(48)52-49(50(47)53)42-19-8-11-24-45(42)55-52)33-27-25-31(26-28-33)34-29-30-39-36-16-5-4-15-35(36)38-21-12-20-37(34)46(38)39/h1-30H. The summed E-state index contributed by atoms with van der Waals surface area (Å²) in [5.74, 6) is 0. The van der Waals surface area contributed by atoms with Gasteiger partial charge in [0, 0.05) is 38.3 Å². The van der Waals surface area contributed by atoms with Crippen LogP contribution in [0.1, 0.15) is 0 Å². The highest BCUT2D eigenvalue weighted by Gasteiger charge is 2.28. The lowest BCUT2D eigenvalue weighted by Gasteiger charge is -2.13. The van der Waals surface area contributed by atoms with Crippen molar-refractivity contribution in [3.63, 3.8) is 0 Å². The van der Waals surface area contributed by atoms with E-state index in [0.717, 1.165) is 44.3 Å². The van der Waals surface area contributed by atoms with E-state index in [-0.39, 0.29) is 0 Å². The predicted octanol–water partition coefficient (Wildman–Crippen LogP) is 14.2. The van der Waals surface area contributed by atoms with Gasteiger partial charge in [-0.1, -0.05) is 140 Å². The molecule has 55 heavy (non-hydrogen) atoms. The number of hydrogen-bond donors (Lipinski definition) is 0. The first-order valence-corrected chi connectivity index (χ1v) is 18.9. The average molecular weight is 699 g/mol. The first-order chi connectivity index (χ1) is 27.3. The Bertz CT molecular complexity index is 3550. The van der Waals surface area contributed by atoms with Crippen LogP contribution in [0.2, 0.25) is 0 Å². The molecular formula is C52H30N2O. The lowest BCUT2D eigenvalue weighted by Crippen LogP contribution is -1.96. The van der Waals surface area contributed by atoms with E-state index < -0.39 is 0 Å². The zero-order valence-electron chi connectivity index (χ0n) is 29.6. The molecule has 0 N–H and O–H groups in total. The van der Waals surface area contributed by atoms with Crippen LogP contribution in [-0.2, 0) is 0 Å². The average Bonchev–Trinajstić information content (AvgIpc) is 3.99. The van der Waals surface area contributed by atoms with Gasteiger partial charge in [-0.25, -0.2) is 0 Å². The van der Waals surface area contributed by atoms with E-state index in [1.807, 2.05) is 0 Å². The second-order valence-electron chi connectivity index (χ2n) is 14.8. The lowest BCUT2D eigenvalue weighted by molar-refractivity contribution is 0.671. The number of hydrogen-bond acceptors (Lipinski definition) is 1. The Kier molecular flexibility index (Phi) is 5.63. The summed E-state index contributed by atoms with van der Waals surface area (Å²) in [6.07, 6.45) is 0. The maximum Gasteiger partial charge on any atom is 0.162 e. The first kappa shape index (κ1) is 29.1. The van der Waals surface area contributed by atoms with Crippen molar-refractivity contribution in [2.45, 2.75) is 0 Å². The molecule has 0 spiro atoms. The second-order valence-corrected chi connectivity index (χ2v) is 14.8. The number of aromatic nitrogens is 2. The van der Waals surface area contributed by atoms with Crippen LogP contribution >= 0.6 is 0 Å². The van der Waals surface area contributed by atoms with Gasteiger partial charge < -0.3 is 13.6 Å². The van der Waals surface area contributed by atoms with Crippen LogP contribution < -0.4 is 0 Å². The van der Waals surface area contributed by atoms with Gasteiger partial charge in [-0.15, -0.1) is 0 Å². The summed E-state index contributed by atoms with van der Waals surface area (Å²) in [5.41, 5.74) is 16.3. The van der Waals surface area contributed by atoms with Crippen molar-refractivity contribution in [2.75, 3.05) is 0 Å².